The molecular weight excluding hydrogens is 302 g/mol. The van der Waals surface area contributed by atoms with Crippen molar-refractivity contribution in [2.45, 2.75) is 76.9 Å². The fourth-order valence-corrected chi connectivity index (χ4v) is 3.50. The van der Waals surface area contributed by atoms with Gasteiger partial charge in [-0.1, -0.05) is 26.2 Å². The van der Waals surface area contributed by atoms with Crippen LogP contribution in [0.3, 0.4) is 0 Å². The molecule has 0 amide bonds. The molecule has 2 rings (SSSR count). The summed E-state index contributed by atoms with van der Waals surface area (Å²) in [5, 5.41) is 3.51. The number of nitrogens with one attached hydrogen (secondary N) is 1. The first kappa shape index (κ1) is 19.5. The first-order valence-corrected chi connectivity index (χ1v) is 10.0. The third-order valence-electron chi connectivity index (χ3n) is 5.06. The van der Waals surface area contributed by atoms with Crippen LogP contribution >= 0.6 is 0 Å². The van der Waals surface area contributed by atoms with Crippen LogP contribution in [0.15, 0.2) is 4.99 Å². The summed E-state index contributed by atoms with van der Waals surface area (Å²) in [4.78, 5) is 6.82. The quantitative estimate of drug-likeness (QED) is 0.419. The number of ether oxygens (including phenoxy) is 2. The lowest BCUT2D eigenvalue weighted by atomic mass is 10.1. The molecule has 24 heavy (non-hydrogen) atoms. The minimum absolute atomic E-state index is 0.328. The number of piperidine rings is 1. The van der Waals surface area contributed by atoms with E-state index in [9.17, 15) is 0 Å². The second kappa shape index (κ2) is 11.7. The maximum atomic E-state index is 6.10. The summed E-state index contributed by atoms with van der Waals surface area (Å²) in [5.41, 5.74) is 0. The third kappa shape index (κ3) is 6.98. The number of unbranched alkanes of at least 4 members (excludes halogenated alkanes) is 3. The van der Waals surface area contributed by atoms with Crippen molar-refractivity contribution in [1.82, 2.24) is 10.2 Å². The van der Waals surface area contributed by atoms with E-state index in [2.05, 4.69) is 22.1 Å². The standard InChI is InChI=1S/C19H37N3O2/c1-3-4-5-7-12-21-19(20-2)22-13-10-17(11-14-22)24-16-18-9-6-8-15-23-18/h17-18H,3-16H2,1-2H3,(H,20,21). The zero-order chi connectivity index (χ0) is 17.0. The number of aliphatic imine (C=N–C) groups is 1. The topological polar surface area (TPSA) is 46.1 Å². The van der Waals surface area contributed by atoms with Crippen molar-refractivity contribution in [2.75, 3.05) is 39.9 Å². The summed E-state index contributed by atoms with van der Waals surface area (Å²) in [6, 6.07) is 0. The highest BCUT2D eigenvalue weighted by molar-refractivity contribution is 5.79. The van der Waals surface area contributed by atoms with Crippen LogP contribution in [0.2, 0.25) is 0 Å². The van der Waals surface area contributed by atoms with Gasteiger partial charge in [0.2, 0.25) is 0 Å². The molecule has 2 heterocycles. The minimum Gasteiger partial charge on any atom is -0.376 e. The van der Waals surface area contributed by atoms with E-state index >= 15 is 0 Å². The normalized spacial score (nSPS) is 23.5. The molecule has 5 heteroatoms. The van der Waals surface area contributed by atoms with Crippen LogP contribution in [0, 0.1) is 0 Å². The Hall–Kier alpha value is -0.810. The van der Waals surface area contributed by atoms with Crippen molar-refractivity contribution in [3.8, 4) is 0 Å². The lowest BCUT2D eigenvalue weighted by Crippen LogP contribution is -2.47. The Balaban J connectivity index is 1.59. The predicted molar refractivity (Wildman–Crippen MR) is 99.6 cm³/mol. The molecule has 0 saturated carbocycles. The van der Waals surface area contributed by atoms with Gasteiger partial charge in [0.25, 0.3) is 0 Å². The van der Waals surface area contributed by atoms with Crippen molar-refractivity contribution in [3.05, 3.63) is 0 Å². The summed E-state index contributed by atoms with van der Waals surface area (Å²) < 4.78 is 11.9. The largest absolute Gasteiger partial charge is 0.376 e. The monoisotopic (exact) mass is 339 g/mol. The Morgan fingerprint density at radius 2 is 2.00 bits per heavy atom. The zero-order valence-electron chi connectivity index (χ0n) is 15.8. The number of guanidine groups is 1. The number of rotatable bonds is 8. The van der Waals surface area contributed by atoms with E-state index in [0.29, 0.717) is 12.2 Å². The Morgan fingerprint density at radius 1 is 1.17 bits per heavy atom. The van der Waals surface area contributed by atoms with Crippen LogP contribution in [0.25, 0.3) is 0 Å². The van der Waals surface area contributed by atoms with Gasteiger partial charge in [0.05, 0.1) is 18.8 Å². The lowest BCUT2D eigenvalue weighted by Gasteiger charge is -2.35. The third-order valence-corrected chi connectivity index (χ3v) is 5.06. The summed E-state index contributed by atoms with van der Waals surface area (Å²) >= 11 is 0. The van der Waals surface area contributed by atoms with Crippen molar-refractivity contribution in [2.24, 2.45) is 4.99 Å². The van der Waals surface area contributed by atoms with Crippen LogP contribution in [-0.2, 0) is 9.47 Å². The molecule has 1 unspecified atom stereocenters. The molecule has 140 valence electrons. The van der Waals surface area contributed by atoms with Gasteiger partial charge in [-0.3, -0.25) is 4.99 Å². The molecule has 5 nitrogen and oxygen atoms in total. The van der Waals surface area contributed by atoms with Crippen LogP contribution in [-0.4, -0.2) is 63.0 Å². The Labute approximate surface area is 148 Å². The molecule has 0 aromatic rings. The van der Waals surface area contributed by atoms with Gasteiger partial charge < -0.3 is 19.7 Å². The molecule has 0 aromatic heterocycles. The van der Waals surface area contributed by atoms with Gasteiger partial charge in [-0.25, -0.2) is 0 Å². The smallest absolute Gasteiger partial charge is 0.193 e. The molecule has 2 fully saturated rings. The van der Waals surface area contributed by atoms with Gasteiger partial charge in [0.1, 0.15) is 0 Å². The summed E-state index contributed by atoms with van der Waals surface area (Å²) in [6.45, 7) is 7.03. The fraction of sp³-hybridized carbons (Fsp3) is 0.947. The molecule has 2 saturated heterocycles. The number of likely N-dealkylation sites (tertiary alicyclic amines) is 1. The second-order valence-electron chi connectivity index (χ2n) is 7.04. The van der Waals surface area contributed by atoms with Gasteiger partial charge in [-0.2, -0.15) is 0 Å². The van der Waals surface area contributed by atoms with Crippen molar-refractivity contribution >= 4 is 5.96 Å². The lowest BCUT2D eigenvalue weighted by molar-refractivity contribution is -0.0721. The average Bonchev–Trinajstić information content (AvgIpc) is 2.64. The van der Waals surface area contributed by atoms with E-state index in [1.54, 1.807) is 0 Å². The van der Waals surface area contributed by atoms with E-state index in [1.165, 1.54) is 38.5 Å². The maximum absolute atomic E-state index is 6.10. The van der Waals surface area contributed by atoms with Crippen LogP contribution < -0.4 is 5.32 Å². The first-order valence-electron chi connectivity index (χ1n) is 10.0. The van der Waals surface area contributed by atoms with Crippen molar-refractivity contribution in [3.63, 3.8) is 0 Å². The van der Waals surface area contributed by atoms with E-state index in [-0.39, 0.29) is 0 Å². The van der Waals surface area contributed by atoms with E-state index in [0.717, 1.165) is 58.1 Å². The Kier molecular flexibility index (Phi) is 9.51. The maximum Gasteiger partial charge on any atom is 0.193 e. The molecule has 0 aliphatic carbocycles. The van der Waals surface area contributed by atoms with Gasteiger partial charge in [-0.15, -0.1) is 0 Å². The van der Waals surface area contributed by atoms with E-state index < -0.39 is 0 Å². The van der Waals surface area contributed by atoms with Gasteiger partial charge in [-0.05, 0) is 38.5 Å². The highest BCUT2D eigenvalue weighted by Crippen LogP contribution is 2.17. The second-order valence-corrected chi connectivity index (χ2v) is 7.04. The SMILES string of the molecule is CCCCCCNC(=NC)N1CCC(OCC2CCCCO2)CC1. The van der Waals surface area contributed by atoms with Gasteiger partial charge in [0.15, 0.2) is 5.96 Å². The van der Waals surface area contributed by atoms with Gasteiger partial charge in [0, 0.05) is 33.3 Å². The summed E-state index contributed by atoms with van der Waals surface area (Å²) in [7, 11) is 1.89. The van der Waals surface area contributed by atoms with E-state index in [4.69, 9.17) is 9.47 Å². The first-order chi connectivity index (χ1) is 11.8. The highest BCUT2D eigenvalue weighted by Gasteiger charge is 2.23. The summed E-state index contributed by atoms with van der Waals surface area (Å²) in [6.07, 6.45) is 11.7. The zero-order valence-corrected chi connectivity index (χ0v) is 15.8. The molecule has 1 atom stereocenters. The van der Waals surface area contributed by atoms with E-state index in [1.807, 2.05) is 7.05 Å². The van der Waals surface area contributed by atoms with Crippen molar-refractivity contribution < 1.29 is 9.47 Å². The van der Waals surface area contributed by atoms with Crippen LogP contribution in [0.1, 0.15) is 64.7 Å². The van der Waals surface area contributed by atoms with Crippen LogP contribution in [0.5, 0.6) is 0 Å². The molecule has 0 bridgehead atoms. The molecular formula is C19H37N3O2. The molecule has 2 aliphatic rings. The van der Waals surface area contributed by atoms with Crippen LogP contribution in [0.4, 0.5) is 0 Å². The predicted octanol–water partition coefficient (Wildman–Crippen LogP) is 3.19. The molecule has 0 radical (unpaired) electrons. The molecule has 2 aliphatic heterocycles. The number of hydrogen-bond donors (Lipinski definition) is 1. The van der Waals surface area contributed by atoms with Crippen molar-refractivity contribution in [1.29, 1.82) is 0 Å². The average molecular weight is 340 g/mol. The Morgan fingerprint density at radius 3 is 2.67 bits per heavy atom. The molecule has 0 spiro atoms. The minimum atomic E-state index is 0.328. The fourth-order valence-electron chi connectivity index (χ4n) is 3.50. The molecule has 1 N–H and O–H groups in total. The Bertz CT molecular complexity index is 349. The number of nitrogens with zero attached hydrogens (tertiary/aromatic N) is 2. The van der Waals surface area contributed by atoms with Gasteiger partial charge >= 0.3 is 0 Å². The molecule has 0 aromatic carbocycles. The number of hydrogen-bond acceptors (Lipinski definition) is 3. The summed E-state index contributed by atoms with van der Waals surface area (Å²) in [5.74, 6) is 1.06. The highest BCUT2D eigenvalue weighted by atomic mass is 16.5.